The zero-order valence-corrected chi connectivity index (χ0v) is 15.2. The number of amides is 1. The minimum absolute atomic E-state index is 0.0364. The molecule has 0 heterocycles. The van der Waals surface area contributed by atoms with Crippen LogP contribution in [-0.2, 0) is 4.79 Å². The van der Waals surface area contributed by atoms with Gasteiger partial charge in [-0.3, -0.25) is 4.79 Å². The number of carbonyl (C=O) groups is 1. The van der Waals surface area contributed by atoms with Crippen molar-refractivity contribution in [3.63, 3.8) is 0 Å². The molecule has 0 spiro atoms. The Bertz CT molecular complexity index is 678. The number of aromatic hydroxyl groups is 1. The molecule has 4 heteroatoms. The van der Waals surface area contributed by atoms with Gasteiger partial charge in [-0.2, -0.15) is 0 Å². The molecule has 0 aliphatic rings. The van der Waals surface area contributed by atoms with Gasteiger partial charge in [0.05, 0.1) is 0 Å². The van der Waals surface area contributed by atoms with Gasteiger partial charge < -0.3 is 10.4 Å². The van der Waals surface area contributed by atoms with Crippen LogP contribution in [0.1, 0.15) is 44.2 Å². The molecule has 2 rings (SSSR count). The summed E-state index contributed by atoms with van der Waals surface area (Å²) < 4.78 is 0.877. The minimum atomic E-state index is -0.280. The van der Waals surface area contributed by atoms with E-state index in [2.05, 4.69) is 21.2 Å². The lowest BCUT2D eigenvalue weighted by atomic mass is 9.87. The highest BCUT2D eigenvalue weighted by atomic mass is 79.9. The van der Waals surface area contributed by atoms with Crippen molar-refractivity contribution in [3.05, 3.63) is 64.1 Å². The van der Waals surface area contributed by atoms with Crippen LogP contribution in [-0.4, -0.2) is 16.6 Å². The summed E-state index contributed by atoms with van der Waals surface area (Å²) in [6.45, 7) is 5.87. The van der Waals surface area contributed by atoms with Gasteiger partial charge in [0, 0.05) is 27.9 Å². The van der Waals surface area contributed by atoms with Crippen molar-refractivity contribution in [3.8, 4) is 5.75 Å². The second-order valence-electron chi connectivity index (χ2n) is 6.67. The summed E-state index contributed by atoms with van der Waals surface area (Å²) in [6.07, 6.45) is 0.283. The smallest absolute Gasteiger partial charge is 0.221 e. The number of benzene rings is 2. The van der Waals surface area contributed by atoms with E-state index in [1.807, 2.05) is 57.2 Å². The summed E-state index contributed by atoms with van der Waals surface area (Å²) in [7, 11) is 0. The van der Waals surface area contributed by atoms with Crippen molar-refractivity contribution in [2.24, 2.45) is 0 Å². The Morgan fingerprint density at radius 3 is 2.43 bits per heavy atom. The zero-order chi connectivity index (χ0) is 17.0. The molecule has 0 aliphatic carbocycles. The predicted molar refractivity (Wildman–Crippen MR) is 96.6 cm³/mol. The van der Waals surface area contributed by atoms with Gasteiger partial charge in [0.1, 0.15) is 5.75 Å². The van der Waals surface area contributed by atoms with E-state index in [9.17, 15) is 9.90 Å². The molecule has 0 aromatic heterocycles. The molecule has 2 aromatic rings. The van der Waals surface area contributed by atoms with Gasteiger partial charge >= 0.3 is 0 Å². The fraction of sp³-hybridized carbons (Fsp3) is 0.316. The normalized spacial score (nSPS) is 12.7. The van der Waals surface area contributed by atoms with Gasteiger partial charge in [-0.05, 0) is 44.5 Å². The summed E-state index contributed by atoms with van der Waals surface area (Å²) in [5.41, 5.74) is 1.47. The first kappa shape index (κ1) is 17.5. The van der Waals surface area contributed by atoms with Crippen molar-refractivity contribution >= 4 is 21.8 Å². The van der Waals surface area contributed by atoms with Crippen LogP contribution in [0.25, 0.3) is 0 Å². The second-order valence-corrected chi connectivity index (χ2v) is 7.58. The summed E-state index contributed by atoms with van der Waals surface area (Å²) in [5, 5.41) is 13.3. The van der Waals surface area contributed by atoms with Crippen molar-refractivity contribution in [1.82, 2.24) is 5.32 Å². The Hall–Kier alpha value is -1.81. The van der Waals surface area contributed by atoms with Gasteiger partial charge in [0.15, 0.2) is 0 Å². The molecule has 2 N–H and O–H groups in total. The molecule has 122 valence electrons. The number of phenolic OH excluding ortho intramolecular Hbond substituents is 1. The van der Waals surface area contributed by atoms with E-state index < -0.39 is 0 Å². The Morgan fingerprint density at radius 2 is 1.83 bits per heavy atom. The maximum Gasteiger partial charge on any atom is 0.221 e. The van der Waals surface area contributed by atoms with E-state index in [0.29, 0.717) is 0 Å². The lowest BCUT2D eigenvalue weighted by Gasteiger charge is -2.24. The molecule has 0 saturated carbocycles. The third-order valence-electron chi connectivity index (χ3n) is 3.47. The Balaban J connectivity index is 2.37. The maximum absolute atomic E-state index is 12.4. The second kappa shape index (κ2) is 7.18. The van der Waals surface area contributed by atoms with Crippen molar-refractivity contribution in [1.29, 1.82) is 0 Å². The van der Waals surface area contributed by atoms with Crippen molar-refractivity contribution in [2.45, 2.75) is 38.6 Å². The first-order valence-electron chi connectivity index (χ1n) is 7.60. The van der Waals surface area contributed by atoms with Crippen LogP contribution in [0.2, 0.25) is 0 Å². The molecule has 0 saturated heterocycles. The highest BCUT2D eigenvalue weighted by Gasteiger charge is 2.23. The third kappa shape index (κ3) is 5.10. The highest BCUT2D eigenvalue weighted by Crippen LogP contribution is 2.35. The van der Waals surface area contributed by atoms with E-state index in [-0.39, 0.29) is 29.5 Å². The van der Waals surface area contributed by atoms with E-state index in [4.69, 9.17) is 0 Å². The third-order valence-corrected chi connectivity index (χ3v) is 3.96. The highest BCUT2D eigenvalue weighted by molar-refractivity contribution is 9.10. The first-order chi connectivity index (χ1) is 10.8. The summed E-state index contributed by atoms with van der Waals surface area (Å²) in [5.74, 6) is -0.0348. The van der Waals surface area contributed by atoms with E-state index >= 15 is 0 Å². The number of hydrogen-bond donors (Lipinski definition) is 2. The SMILES string of the molecule is CC(C)(C)NC(=O)CC(c1ccccc1)c1cc(Br)ccc1O. The van der Waals surface area contributed by atoms with Crippen LogP contribution in [0.5, 0.6) is 5.75 Å². The van der Waals surface area contributed by atoms with Gasteiger partial charge in [0.25, 0.3) is 0 Å². The van der Waals surface area contributed by atoms with E-state index in [0.717, 1.165) is 15.6 Å². The summed E-state index contributed by atoms with van der Waals surface area (Å²) in [4.78, 5) is 12.4. The largest absolute Gasteiger partial charge is 0.508 e. The minimum Gasteiger partial charge on any atom is -0.508 e. The van der Waals surface area contributed by atoms with E-state index in [1.54, 1.807) is 12.1 Å². The van der Waals surface area contributed by atoms with Crippen LogP contribution >= 0.6 is 15.9 Å². The molecule has 0 aliphatic heterocycles. The number of hydrogen-bond acceptors (Lipinski definition) is 2. The molecule has 0 radical (unpaired) electrons. The fourth-order valence-electron chi connectivity index (χ4n) is 2.55. The topological polar surface area (TPSA) is 49.3 Å². The average Bonchev–Trinajstić information content (AvgIpc) is 2.47. The van der Waals surface area contributed by atoms with Crippen LogP contribution in [0.15, 0.2) is 53.0 Å². The molecule has 0 bridgehead atoms. The van der Waals surface area contributed by atoms with Crippen LogP contribution in [0.3, 0.4) is 0 Å². The molecular weight excluding hydrogens is 354 g/mol. The van der Waals surface area contributed by atoms with E-state index in [1.165, 1.54) is 0 Å². The Morgan fingerprint density at radius 1 is 1.17 bits per heavy atom. The van der Waals surface area contributed by atoms with Crippen molar-refractivity contribution < 1.29 is 9.90 Å². The van der Waals surface area contributed by atoms with Gasteiger partial charge in [-0.1, -0.05) is 46.3 Å². The average molecular weight is 376 g/mol. The zero-order valence-electron chi connectivity index (χ0n) is 13.6. The first-order valence-corrected chi connectivity index (χ1v) is 8.40. The summed E-state index contributed by atoms with van der Waals surface area (Å²) >= 11 is 3.44. The monoisotopic (exact) mass is 375 g/mol. The summed E-state index contributed by atoms with van der Waals surface area (Å²) in [6, 6.07) is 15.1. The van der Waals surface area contributed by atoms with Crippen LogP contribution < -0.4 is 5.32 Å². The van der Waals surface area contributed by atoms with Gasteiger partial charge in [-0.25, -0.2) is 0 Å². The Kier molecular flexibility index (Phi) is 5.47. The lowest BCUT2D eigenvalue weighted by molar-refractivity contribution is -0.122. The van der Waals surface area contributed by atoms with Gasteiger partial charge in [0.2, 0.25) is 5.91 Å². The molecule has 1 unspecified atom stereocenters. The maximum atomic E-state index is 12.4. The quantitative estimate of drug-likeness (QED) is 0.820. The Labute approximate surface area is 145 Å². The van der Waals surface area contributed by atoms with Crippen LogP contribution in [0, 0.1) is 0 Å². The van der Waals surface area contributed by atoms with Crippen LogP contribution in [0.4, 0.5) is 0 Å². The number of rotatable bonds is 4. The van der Waals surface area contributed by atoms with Crippen molar-refractivity contribution in [2.75, 3.05) is 0 Å². The molecule has 2 aromatic carbocycles. The molecule has 0 fully saturated rings. The number of halogens is 1. The number of phenols is 1. The standard InChI is InChI=1S/C19H22BrNO2/c1-19(2,3)21-18(23)12-15(13-7-5-4-6-8-13)16-11-14(20)9-10-17(16)22/h4-11,15,22H,12H2,1-3H3,(H,21,23). The predicted octanol–water partition coefficient (Wildman–Crippen LogP) is 4.59. The lowest BCUT2D eigenvalue weighted by Crippen LogP contribution is -2.41. The molecule has 3 nitrogen and oxygen atoms in total. The molecular formula is C19H22BrNO2. The molecule has 1 atom stereocenters. The number of nitrogens with one attached hydrogen (secondary N) is 1. The van der Waals surface area contributed by atoms with Gasteiger partial charge in [-0.15, -0.1) is 0 Å². The number of carbonyl (C=O) groups excluding carboxylic acids is 1. The molecule has 1 amide bonds. The molecule has 23 heavy (non-hydrogen) atoms. The fourth-order valence-corrected chi connectivity index (χ4v) is 2.93.